The van der Waals surface area contributed by atoms with Gasteiger partial charge in [0.2, 0.25) is 5.89 Å². The van der Waals surface area contributed by atoms with Crippen molar-refractivity contribution in [2.75, 3.05) is 18.6 Å². The van der Waals surface area contributed by atoms with E-state index in [1.807, 2.05) is 6.92 Å². The molecule has 0 aromatic carbocycles. The number of aryl methyl sites for hydroxylation is 2. The molecule has 0 spiro atoms. The molecular weight excluding hydrogens is 264 g/mol. The number of rotatable bonds is 8. The van der Waals surface area contributed by atoms with Gasteiger partial charge in [-0.25, -0.2) is 4.79 Å². The van der Waals surface area contributed by atoms with Gasteiger partial charge in [-0.05, 0) is 38.7 Å². The molecule has 0 saturated carbocycles. The summed E-state index contributed by atoms with van der Waals surface area (Å²) in [4.78, 5) is 15.7. The maximum atomic E-state index is 11.6. The molecule has 0 aliphatic carbocycles. The van der Waals surface area contributed by atoms with Crippen LogP contribution in [-0.2, 0) is 6.42 Å². The average Bonchev–Trinajstić information content (AvgIpc) is 2.78. The first-order valence-corrected chi connectivity index (χ1v) is 7.83. The summed E-state index contributed by atoms with van der Waals surface area (Å²) in [5.74, 6) is 2.31. The van der Waals surface area contributed by atoms with Gasteiger partial charge < -0.3 is 15.2 Å². The molecule has 1 rings (SSSR count). The standard InChI is InChI=1S/C12H22N4O2S/c1-9(6-8-19-3)14-12(17)13-7-4-5-11-15-10(2)16-18-11/h9H,4-8H2,1-3H3,(H2,13,14,17). The highest BCUT2D eigenvalue weighted by Gasteiger charge is 2.06. The second kappa shape index (κ2) is 8.79. The second-order valence-corrected chi connectivity index (χ2v) is 5.41. The highest BCUT2D eigenvalue weighted by atomic mass is 32.2. The van der Waals surface area contributed by atoms with Crippen molar-refractivity contribution in [3.05, 3.63) is 11.7 Å². The molecule has 1 heterocycles. The number of nitrogens with one attached hydrogen (secondary N) is 2. The summed E-state index contributed by atoms with van der Waals surface area (Å²) in [6, 6.07) is 0.0846. The van der Waals surface area contributed by atoms with Crippen LogP contribution in [0, 0.1) is 6.92 Å². The van der Waals surface area contributed by atoms with Crippen molar-refractivity contribution in [1.29, 1.82) is 0 Å². The summed E-state index contributed by atoms with van der Waals surface area (Å²) in [5.41, 5.74) is 0. The van der Waals surface area contributed by atoms with E-state index in [4.69, 9.17) is 4.52 Å². The summed E-state index contributed by atoms with van der Waals surface area (Å²) in [6.45, 7) is 4.40. The molecule has 2 N–H and O–H groups in total. The van der Waals surface area contributed by atoms with Crippen LogP contribution >= 0.6 is 11.8 Å². The molecule has 0 fully saturated rings. The zero-order valence-electron chi connectivity index (χ0n) is 11.7. The molecule has 1 unspecified atom stereocenters. The van der Waals surface area contributed by atoms with E-state index in [0.717, 1.165) is 18.6 Å². The summed E-state index contributed by atoms with van der Waals surface area (Å²) >= 11 is 1.78. The normalized spacial score (nSPS) is 12.2. The van der Waals surface area contributed by atoms with Crippen molar-refractivity contribution >= 4 is 17.8 Å². The third kappa shape index (κ3) is 7.05. The Morgan fingerprint density at radius 2 is 2.32 bits per heavy atom. The second-order valence-electron chi connectivity index (χ2n) is 4.42. The van der Waals surface area contributed by atoms with E-state index in [1.165, 1.54) is 0 Å². The molecule has 2 amide bonds. The Hall–Kier alpha value is -1.24. The molecule has 19 heavy (non-hydrogen) atoms. The lowest BCUT2D eigenvalue weighted by molar-refractivity contribution is 0.237. The molecule has 0 aliphatic rings. The number of carbonyl (C=O) groups is 1. The van der Waals surface area contributed by atoms with Crippen molar-refractivity contribution in [1.82, 2.24) is 20.8 Å². The lowest BCUT2D eigenvalue weighted by Gasteiger charge is -2.13. The van der Waals surface area contributed by atoms with Crippen LogP contribution in [0.4, 0.5) is 4.79 Å². The minimum atomic E-state index is -0.115. The third-order valence-electron chi connectivity index (χ3n) is 2.56. The van der Waals surface area contributed by atoms with E-state index in [0.29, 0.717) is 24.7 Å². The number of urea groups is 1. The molecule has 6 nitrogen and oxygen atoms in total. The molecule has 1 aromatic heterocycles. The van der Waals surface area contributed by atoms with Gasteiger partial charge in [0, 0.05) is 19.0 Å². The minimum Gasteiger partial charge on any atom is -0.339 e. The van der Waals surface area contributed by atoms with Gasteiger partial charge in [-0.1, -0.05) is 5.16 Å². The van der Waals surface area contributed by atoms with Crippen LogP contribution in [0.1, 0.15) is 31.5 Å². The quantitative estimate of drug-likeness (QED) is 0.712. The molecular formula is C12H22N4O2S. The van der Waals surface area contributed by atoms with Crippen LogP contribution in [-0.4, -0.2) is 40.8 Å². The topological polar surface area (TPSA) is 80.0 Å². The van der Waals surface area contributed by atoms with Crippen molar-refractivity contribution in [3.8, 4) is 0 Å². The molecule has 7 heteroatoms. The fourth-order valence-corrected chi connectivity index (χ4v) is 2.11. The van der Waals surface area contributed by atoms with Crippen molar-refractivity contribution in [3.63, 3.8) is 0 Å². The van der Waals surface area contributed by atoms with Crippen LogP contribution in [0.5, 0.6) is 0 Å². The predicted molar refractivity (Wildman–Crippen MR) is 76.4 cm³/mol. The van der Waals surface area contributed by atoms with Gasteiger partial charge in [-0.2, -0.15) is 16.7 Å². The Bertz CT molecular complexity index is 384. The van der Waals surface area contributed by atoms with Gasteiger partial charge in [0.15, 0.2) is 5.82 Å². The molecule has 108 valence electrons. The summed E-state index contributed by atoms with van der Waals surface area (Å²) in [7, 11) is 0. The van der Waals surface area contributed by atoms with Crippen LogP contribution in [0.2, 0.25) is 0 Å². The third-order valence-corrected chi connectivity index (χ3v) is 3.20. The van der Waals surface area contributed by atoms with Crippen molar-refractivity contribution < 1.29 is 9.32 Å². The Morgan fingerprint density at radius 3 is 2.95 bits per heavy atom. The fraction of sp³-hybridized carbons (Fsp3) is 0.750. The summed E-state index contributed by atoms with van der Waals surface area (Å²) < 4.78 is 4.99. The lowest BCUT2D eigenvalue weighted by Crippen LogP contribution is -2.41. The number of carbonyl (C=O) groups excluding carboxylic acids is 1. The zero-order valence-corrected chi connectivity index (χ0v) is 12.5. The number of hydrogen-bond acceptors (Lipinski definition) is 5. The highest BCUT2D eigenvalue weighted by molar-refractivity contribution is 7.98. The van der Waals surface area contributed by atoms with E-state index >= 15 is 0 Å². The van der Waals surface area contributed by atoms with E-state index in [1.54, 1.807) is 18.7 Å². The Labute approximate surface area is 118 Å². The number of aromatic nitrogens is 2. The van der Waals surface area contributed by atoms with E-state index in [9.17, 15) is 4.79 Å². The van der Waals surface area contributed by atoms with E-state index < -0.39 is 0 Å². The highest BCUT2D eigenvalue weighted by Crippen LogP contribution is 2.00. The van der Waals surface area contributed by atoms with Gasteiger partial charge in [0.05, 0.1) is 0 Å². The molecule has 1 atom stereocenters. The first kappa shape index (κ1) is 15.8. The Kier molecular flexibility index (Phi) is 7.32. The van der Waals surface area contributed by atoms with Crippen LogP contribution < -0.4 is 10.6 Å². The number of nitrogens with zero attached hydrogens (tertiary/aromatic N) is 2. The van der Waals surface area contributed by atoms with Gasteiger partial charge in [-0.3, -0.25) is 0 Å². The van der Waals surface area contributed by atoms with E-state index in [2.05, 4.69) is 27.0 Å². The molecule has 0 radical (unpaired) electrons. The van der Waals surface area contributed by atoms with Gasteiger partial charge >= 0.3 is 6.03 Å². The first-order chi connectivity index (χ1) is 9.11. The lowest BCUT2D eigenvalue weighted by atomic mass is 10.3. The summed E-state index contributed by atoms with van der Waals surface area (Å²) in [6.07, 6.45) is 4.51. The number of hydrogen-bond donors (Lipinski definition) is 2. The average molecular weight is 286 g/mol. The van der Waals surface area contributed by atoms with Crippen LogP contribution in [0.15, 0.2) is 4.52 Å². The Balaban J connectivity index is 2.07. The predicted octanol–water partition coefficient (Wildman–Crippen LogP) is 1.75. The SMILES string of the molecule is CSCCC(C)NC(=O)NCCCc1nc(C)no1. The zero-order chi connectivity index (χ0) is 14.1. The molecule has 0 aliphatic heterocycles. The van der Waals surface area contributed by atoms with Gasteiger partial charge in [-0.15, -0.1) is 0 Å². The van der Waals surface area contributed by atoms with Gasteiger partial charge in [0.25, 0.3) is 0 Å². The van der Waals surface area contributed by atoms with Crippen molar-refractivity contribution in [2.45, 2.75) is 39.2 Å². The maximum Gasteiger partial charge on any atom is 0.314 e. The first-order valence-electron chi connectivity index (χ1n) is 6.44. The molecule has 0 bridgehead atoms. The fourth-order valence-electron chi connectivity index (χ4n) is 1.52. The van der Waals surface area contributed by atoms with E-state index in [-0.39, 0.29) is 12.1 Å². The summed E-state index contributed by atoms with van der Waals surface area (Å²) in [5, 5.41) is 9.43. The largest absolute Gasteiger partial charge is 0.339 e. The van der Waals surface area contributed by atoms with Gasteiger partial charge in [0.1, 0.15) is 0 Å². The Morgan fingerprint density at radius 1 is 1.53 bits per heavy atom. The number of amides is 2. The minimum absolute atomic E-state index is 0.115. The monoisotopic (exact) mass is 286 g/mol. The molecule has 0 saturated heterocycles. The van der Waals surface area contributed by atoms with Crippen molar-refractivity contribution in [2.24, 2.45) is 0 Å². The maximum absolute atomic E-state index is 11.6. The van der Waals surface area contributed by atoms with Crippen LogP contribution in [0.3, 0.4) is 0 Å². The number of thioether (sulfide) groups is 1. The smallest absolute Gasteiger partial charge is 0.314 e. The molecule has 1 aromatic rings. The van der Waals surface area contributed by atoms with Crippen LogP contribution in [0.25, 0.3) is 0 Å².